The van der Waals surface area contributed by atoms with Gasteiger partial charge in [0.25, 0.3) is 10.0 Å². The SMILES string of the molecule is CC(C(=O)Nc1ccc(S(=O)(=O)Nc2nccs2)cc1)N1C(=O)CCC1=O. The third-order valence-electron chi connectivity index (χ3n) is 3.94. The molecular formula is C16H16N4O5S2. The fourth-order valence-corrected chi connectivity index (χ4v) is 4.34. The highest BCUT2D eigenvalue weighted by molar-refractivity contribution is 7.93. The molecule has 1 unspecified atom stereocenters. The van der Waals surface area contributed by atoms with E-state index in [9.17, 15) is 22.8 Å². The molecule has 27 heavy (non-hydrogen) atoms. The van der Waals surface area contributed by atoms with Crippen LogP contribution in [0.15, 0.2) is 40.7 Å². The molecule has 142 valence electrons. The minimum atomic E-state index is -3.78. The highest BCUT2D eigenvalue weighted by Crippen LogP contribution is 2.20. The Morgan fingerprint density at radius 2 is 1.81 bits per heavy atom. The van der Waals surface area contributed by atoms with Crippen LogP contribution in [-0.4, -0.2) is 42.1 Å². The number of carbonyl (C=O) groups excluding carboxylic acids is 3. The number of nitrogens with zero attached hydrogens (tertiary/aromatic N) is 2. The third kappa shape index (κ3) is 4.14. The molecule has 0 spiro atoms. The summed E-state index contributed by atoms with van der Waals surface area (Å²) in [5.41, 5.74) is 0.346. The smallest absolute Gasteiger partial charge is 0.263 e. The van der Waals surface area contributed by atoms with Crippen molar-refractivity contribution in [3.05, 3.63) is 35.8 Å². The number of benzene rings is 1. The van der Waals surface area contributed by atoms with E-state index < -0.39 is 22.0 Å². The van der Waals surface area contributed by atoms with Gasteiger partial charge in [0.05, 0.1) is 4.90 Å². The van der Waals surface area contributed by atoms with Crippen molar-refractivity contribution in [2.24, 2.45) is 0 Å². The van der Waals surface area contributed by atoms with E-state index in [2.05, 4.69) is 15.0 Å². The van der Waals surface area contributed by atoms with Crippen LogP contribution in [0.25, 0.3) is 0 Å². The normalized spacial score (nSPS) is 15.7. The standard InChI is InChI=1S/C16H16N4O5S2/c1-10(20-13(21)6-7-14(20)22)15(23)18-11-2-4-12(5-3-11)27(24,25)19-16-17-8-9-26-16/h2-5,8-10H,6-7H2,1H3,(H,17,19)(H,18,23). The number of likely N-dealkylation sites (tertiary alicyclic amines) is 1. The molecular weight excluding hydrogens is 392 g/mol. The first kappa shape index (κ1) is 19.0. The maximum atomic E-state index is 12.3. The van der Waals surface area contributed by atoms with Crippen molar-refractivity contribution in [3.63, 3.8) is 0 Å². The number of imide groups is 1. The molecule has 0 radical (unpaired) electrons. The average Bonchev–Trinajstić information content (AvgIpc) is 3.24. The van der Waals surface area contributed by atoms with Crippen molar-refractivity contribution in [3.8, 4) is 0 Å². The number of nitrogens with one attached hydrogen (secondary N) is 2. The highest BCUT2D eigenvalue weighted by Gasteiger charge is 2.36. The first-order valence-electron chi connectivity index (χ1n) is 7.96. The molecule has 11 heteroatoms. The molecule has 1 aliphatic heterocycles. The van der Waals surface area contributed by atoms with Gasteiger partial charge in [0.1, 0.15) is 6.04 Å². The summed E-state index contributed by atoms with van der Waals surface area (Å²) in [6.45, 7) is 1.47. The largest absolute Gasteiger partial charge is 0.324 e. The first-order valence-corrected chi connectivity index (χ1v) is 10.3. The lowest BCUT2D eigenvalue weighted by Crippen LogP contribution is -2.44. The van der Waals surface area contributed by atoms with Gasteiger partial charge < -0.3 is 5.32 Å². The van der Waals surface area contributed by atoms with E-state index >= 15 is 0 Å². The number of aromatic nitrogens is 1. The summed E-state index contributed by atoms with van der Waals surface area (Å²) in [7, 11) is -3.78. The van der Waals surface area contributed by atoms with Gasteiger partial charge in [-0.25, -0.2) is 13.4 Å². The zero-order valence-corrected chi connectivity index (χ0v) is 15.8. The van der Waals surface area contributed by atoms with Gasteiger partial charge in [0, 0.05) is 30.1 Å². The molecule has 1 aliphatic rings. The van der Waals surface area contributed by atoms with Crippen LogP contribution in [0.1, 0.15) is 19.8 Å². The molecule has 1 aromatic heterocycles. The maximum absolute atomic E-state index is 12.3. The van der Waals surface area contributed by atoms with E-state index in [1.807, 2.05) is 0 Å². The lowest BCUT2D eigenvalue weighted by Gasteiger charge is -2.21. The lowest BCUT2D eigenvalue weighted by atomic mass is 10.2. The number of amides is 3. The molecule has 0 saturated carbocycles. The van der Waals surface area contributed by atoms with Crippen LogP contribution in [0.4, 0.5) is 10.8 Å². The van der Waals surface area contributed by atoms with Crippen molar-refractivity contribution in [1.82, 2.24) is 9.88 Å². The molecule has 0 bridgehead atoms. The molecule has 1 saturated heterocycles. The number of rotatable bonds is 6. The summed E-state index contributed by atoms with van der Waals surface area (Å²) in [6.07, 6.45) is 1.70. The second-order valence-electron chi connectivity index (χ2n) is 5.79. The molecule has 1 atom stereocenters. The fraction of sp³-hybridized carbons (Fsp3) is 0.250. The second kappa shape index (κ2) is 7.45. The molecule has 3 amide bonds. The van der Waals surface area contributed by atoms with E-state index in [-0.39, 0.29) is 34.7 Å². The van der Waals surface area contributed by atoms with E-state index in [1.165, 1.54) is 37.4 Å². The van der Waals surface area contributed by atoms with Crippen molar-refractivity contribution in [2.75, 3.05) is 10.0 Å². The Morgan fingerprint density at radius 3 is 2.37 bits per heavy atom. The van der Waals surface area contributed by atoms with Gasteiger partial charge in [0.15, 0.2) is 5.13 Å². The molecule has 1 fully saturated rings. The predicted octanol–water partition coefficient (Wildman–Crippen LogP) is 1.42. The molecule has 9 nitrogen and oxygen atoms in total. The van der Waals surface area contributed by atoms with Gasteiger partial charge in [-0.05, 0) is 31.2 Å². The van der Waals surface area contributed by atoms with Crippen molar-refractivity contribution in [2.45, 2.75) is 30.7 Å². The fourth-order valence-electron chi connectivity index (χ4n) is 2.55. The van der Waals surface area contributed by atoms with E-state index in [0.29, 0.717) is 5.69 Å². The van der Waals surface area contributed by atoms with Gasteiger partial charge in [-0.1, -0.05) is 0 Å². The quantitative estimate of drug-likeness (QED) is 0.696. The minimum Gasteiger partial charge on any atom is -0.324 e. The Hall–Kier alpha value is -2.79. The van der Waals surface area contributed by atoms with Gasteiger partial charge in [-0.2, -0.15) is 0 Å². The maximum Gasteiger partial charge on any atom is 0.263 e. The lowest BCUT2D eigenvalue weighted by molar-refractivity contribution is -0.144. The first-order chi connectivity index (χ1) is 12.8. The summed E-state index contributed by atoms with van der Waals surface area (Å²) in [5.74, 6) is -1.29. The van der Waals surface area contributed by atoms with Crippen LogP contribution in [0.5, 0.6) is 0 Å². The van der Waals surface area contributed by atoms with Crippen LogP contribution in [0.3, 0.4) is 0 Å². The van der Waals surface area contributed by atoms with Gasteiger partial charge in [-0.3, -0.25) is 24.0 Å². The Labute approximate surface area is 159 Å². The number of thiazole rings is 1. The Morgan fingerprint density at radius 1 is 1.19 bits per heavy atom. The summed E-state index contributed by atoms with van der Waals surface area (Å²) in [4.78, 5) is 40.5. The average molecular weight is 408 g/mol. The van der Waals surface area contributed by atoms with Crippen molar-refractivity contribution >= 4 is 49.9 Å². The van der Waals surface area contributed by atoms with E-state index in [0.717, 1.165) is 16.2 Å². The van der Waals surface area contributed by atoms with Gasteiger partial charge in [-0.15, -0.1) is 11.3 Å². The van der Waals surface area contributed by atoms with Crippen LogP contribution in [-0.2, 0) is 24.4 Å². The summed E-state index contributed by atoms with van der Waals surface area (Å²) in [6, 6.07) is 4.58. The summed E-state index contributed by atoms with van der Waals surface area (Å²) in [5, 5.41) is 4.47. The molecule has 3 rings (SSSR count). The van der Waals surface area contributed by atoms with Crippen LogP contribution < -0.4 is 10.0 Å². The molecule has 2 aromatic rings. The highest BCUT2D eigenvalue weighted by atomic mass is 32.2. The number of hydrogen-bond donors (Lipinski definition) is 2. The predicted molar refractivity (Wildman–Crippen MR) is 98.5 cm³/mol. The van der Waals surface area contributed by atoms with Crippen LogP contribution in [0, 0.1) is 0 Å². The number of anilines is 2. The zero-order chi connectivity index (χ0) is 19.6. The van der Waals surface area contributed by atoms with Crippen molar-refractivity contribution < 1.29 is 22.8 Å². The van der Waals surface area contributed by atoms with Crippen molar-refractivity contribution in [1.29, 1.82) is 0 Å². The third-order valence-corrected chi connectivity index (χ3v) is 6.12. The van der Waals surface area contributed by atoms with Crippen LogP contribution >= 0.6 is 11.3 Å². The summed E-state index contributed by atoms with van der Waals surface area (Å²) >= 11 is 1.15. The number of sulfonamides is 1. The molecule has 1 aromatic carbocycles. The van der Waals surface area contributed by atoms with E-state index in [4.69, 9.17) is 0 Å². The monoisotopic (exact) mass is 408 g/mol. The number of hydrogen-bond acceptors (Lipinski definition) is 7. The molecule has 2 heterocycles. The van der Waals surface area contributed by atoms with Gasteiger partial charge >= 0.3 is 0 Å². The minimum absolute atomic E-state index is 0.00801. The second-order valence-corrected chi connectivity index (χ2v) is 8.37. The number of carbonyl (C=O) groups is 3. The molecule has 0 aliphatic carbocycles. The Bertz CT molecular complexity index is 955. The van der Waals surface area contributed by atoms with Crippen LogP contribution in [0.2, 0.25) is 0 Å². The van der Waals surface area contributed by atoms with E-state index in [1.54, 1.807) is 5.38 Å². The Kier molecular flexibility index (Phi) is 5.24. The molecule has 2 N–H and O–H groups in total. The zero-order valence-electron chi connectivity index (χ0n) is 14.2. The Balaban J connectivity index is 1.67. The summed E-state index contributed by atoms with van der Waals surface area (Å²) < 4.78 is 26.9. The topological polar surface area (TPSA) is 126 Å². The van der Waals surface area contributed by atoms with Gasteiger partial charge in [0.2, 0.25) is 17.7 Å².